The van der Waals surface area contributed by atoms with Gasteiger partial charge < -0.3 is 10.5 Å². The summed E-state index contributed by atoms with van der Waals surface area (Å²) in [4.78, 5) is 5.67. The van der Waals surface area contributed by atoms with Crippen LogP contribution in [-0.2, 0) is 0 Å². The molecule has 4 heteroatoms. The maximum Gasteiger partial charge on any atom is 0.123 e. The molecule has 1 aromatic carbocycles. The fourth-order valence-electron chi connectivity index (χ4n) is 1.52. The maximum atomic E-state index is 5.66. The largest absolute Gasteiger partial charge is 0.497 e. The van der Waals surface area contributed by atoms with Crippen LogP contribution in [0.3, 0.4) is 0 Å². The van der Waals surface area contributed by atoms with Gasteiger partial charge in [-0.2, -0.15) is 0 Å². The van der Waals surface area contributed by atoms with Gasteiger partial charge in [-0.25, -0.2) is 4.98 Å². The predicted octanol–water partition coefficient (Wildman–Crippen LogP) is 2.88. The number of hydrogen-bond acceptors (Lipinski definition) is 4. The van der Waals surface area contributed by atoms with Gasteiger partial charge in [0.2, 0.25) is 0 Å². The predicted molar refractivity (Wildman–Crippen MR) is 71.6 cm³/mol. The van der Waals surface area contributed by atoms with Crippen molar-refractivity contribution >= 4 is 11.3 Å². The second kappa shape index (κ2) is 5.29. The molecule has 17 heavy (non-hydrogen) atoms. The number of hydrogen-bond donors (Lipinski definition) is 1. The van der Waals surface area contributed by atoms with E-state index in [0.717, 1.165) is 16.3 Å². The number of ether oxygens (including phenoxy) is 1. The molecule has 1 aromatic heterocycles. The lowest BCUT2D eigenvalue weighted by molar-refractivity contribution is 0.415. The van der Waals surface area contributed by atoms with Crippen LogP contribution in [0.4, 0.5) is 0 Å². The first-order valence-corrected chi connectivity index (χ1v) is 6.36. The molecule has 1 unspecified atom stereocenters. The topological polar surface area (TPSA) is 48.1 Å². The van der Waals surface area contributed by atoms with E-state index in [2.05, 4.69) is 11.9 Å². The minimum Gasteiger partial charge on any atom is -0.497 e. The zero-order valence-corrected chi connectivity index (χ0v) is 10.8. The fourth-order valence-corrected chi connectivity index (χ4v) is 2.50. The Morgan fingerprint density at radius 1 is 1.47 bits per heavy atom. The number of nitrogens with zero attached hydrogens (tertiary/aromatic N) is 1. The van der Waals surface area contributed by atoms with Gasteiger partial charge in [0.25, 0.3) is 0 Å². The van der Waals surface area contributed by atoms with Crippen LogP contribution in [0, 0.1) is 0 Å². The first-order valence-electron chi connectivity index (χ1n) is 5.54. The van der Waals surface area contributed by atoms with Gasteiger partial charge in [-0.05, 0) is 18.7 Å². The van der Waals surface area contributed by atoms with Crippen molar-refractivity contribution in [1.29, 1.82) is 0 Å². The van der Waals surface area contributed by atoms with E-state index in [1.54, 1.807) is 18.4 Å². The van der Waals surface area contributed by atoms with Crippen LogP contribution in [0.15, 0.2) is 30.5 Å². The molecule has 0 spiro atoms. The molecular formula is C13H16N2OS. The summed E-state index contributed by atoms with van der Waals surface area (Å²) in [5, 5.41) is 1.01. The third-order valence-electron chi connectivity index (χ3n) is 2.68. The van der Waals surface area contributed by atoms with Crippen molar-refractivity contribution in [2.24, 2.45) is 5.73 Å². The Labute approximate surface area is 105 Å². The van der Waals surface area contributed by atoms with Crippen LogP contribution in [0.1, 0.15) is 17.7 Å². The van der Waals surface area contributed by atoms with Crippen LogP contribution in [0.2, 0.25) is 0 Å². The van der Waals surface area contributed by atoms with Gasteiger partial charge in [0.05, 0.1) is 7.11 Å². The molecule has 0 aliphatic heterocycles. The lowest BCUT2D eigenvalue weighted by atomic mass is 10.2. The van der Waals surface area contributed by atoms with Crippen LogP contribution >= 0.6 is 11.3 Å². The molecule has 1 heterocycles. The van der Waals surface area contributed by atoms with Crippen molar-refractivity contribution in [3.05, 3.63) is 35.3 Å². The van der Waals surface area contributed by atoms with E-state index in [9.17, 15) is 0 Å². The monoisotopic (exact) mass is 248 g/mol. The summed E-state index contributed by atoms with van der Waals surface area (Å²) in [5.41, 5.74) is 6.74. The Balaban J connectivity index is 2.30. The average molecular weight is 248 g/mol. The minimum atomic E-state index is 0.367. The summed E-state index contributed by atoms with van der Waals surface area (Å²) >= 11 is 1.69. The highest BCUT2D eigenvalue weighted by Crippen LogP contribution is 2.30. The lowest BCUT2D eigenvalue weighted by Gasteiger charge is -2.03. The summed E-state index contributed by atoms with van der Waals surface area (Å²) in [6.45, 7) is 2.77. The Kier molecular flexibility index (Phi) is 3.76. The average Bonchev–Trinajstić information content (AvgIpc) is 2.87. The number of benzene rings is 1. The van der Waals surface area contributed by atoms with E-state index in [-0.39, 0.29) is 0 Å². The normalized spacial score (nSPS) is 12.4. The van der Waals surface area contributed by atoms with Gasteiger partial charge in [0, 0.05) is 22.6 Å². The van der Waals surface area contributed by atoms with Gasteiger partial charge >= 0.3 is 0 Å². The van der Waals surface area contributed by atoms with Crippen LogP contribution in [0.25, 0.3) is 10.6 Å². The quantitative estimate of drug-likeness (QED) is 0.905. The van der Waals surface area contributed by atoms with Gasteiger partial charge in [0.1, 0.15) is 10.8 Å². The van der Waals surface area contributed by atoms with E-state index in [1.807, 2.05) is 30.5 Å². The molecule has 0 fully saturated rings. The fraction of sp³-hybridized carbons (Fsp3) is 0.308. The highest BCUT2D eigenvalue weighted by molar-refractivity contribution is 7.15. The lowest BCUT2D eigenvalue weighted by Crippen LogP contribution is -2.07. The summed E-state index contributed by atoms with van der Waals surface area (Å²) in [5.74, 6) is 1.22. The molecule has 0 radical (unpaired) electrons. The van der Waals surface area contributed by atoms with E-state index in [4.69, 9.17) is 10.5 Å². The number of thiazole rings is 1. The molecule has 0 saturated heterocycles. The smallest absolute Gasteiger partial charge is 0.123 e. The highest BCUT2D eigenvalue weighted by Gasteiger charge is 2.10. The Morgan fingerprint density at radius 3 is 3.00 bits per heavy atom. The molecule has 0 aliphatic rings. The number of aromatic nitrogens is 1. The van der Waals surface area contributed by atoms with E-state index in [0.29, 0.717) is 12.5 Å². The summed E-state index contributed by atoms with van der Waals surface area (Å²) in [6.07, 6.45) is 1.91. The summed E-state index contributed by atoms with van der Waals surface area (Å²) in [6, 6.07) is 7.94. The van der Waals surface area contributed by atoms with Crippen LogP contribution in [0.5, 0.6) is 5.75 Å². The zero-order chi connectivity index (χ0) is 12.3. The van der Waals surface area contributed by atoms with E-state index in [1.165, 1.54) is 4.88 Å². The number of nitrogens with two attached hydrogens (primary N) is 1. The minimum absolute atomic E-state index is 0.367. The SMILES string of the molecule is COc1cccc(-c2ncc(C(C)CN)s2)c1. The molecule has 0 aliphatic carbocycles. The highest BCUT2D eigenvalue weighted by atomic mass is 32.1. The molecule has 1 atom stereocenters. The molecule has 0 bridgehead atoms. The maximum absolute atomic E-state index is 5.66. The standard InChI is InChI=1S/C13H16N2OS/c1-9(7-14)12-8-15-13(17-12)10-4-3-5-11(6-10)16-2/h3-6,8-9H,7,14H2,1-2H3. The molecular weight excluding hydrogens is 232 g/mol. The van der Waals surface area contributed by atoms with Crippen molar-refractivity contribution in [1.82, 2.24) is 4.98 Å². The summed E-state index contributed by atoms with van der Waals surface area (Å²) in [7, 11) is 1.67. The zero-order valence-electron chi connectivity index (χ0n) is 10.0. The number of rotatable bonds is 4. The molecule has 2 aromatic rings. The first-order chi connectivity index (χ1) is 8.24. The van der Waals surface area contributed by atoms with Crippen LogP contribution in [-0.4, -0.2) is 18.6 Å². The van der Waals surface area contributed by atoms with Gasteiger partial charge in [-0.3, -0.25) is 0 Å². The Morgan fingerprint density at radius 2 is 2.29 bits per heavy atom. The second-order valence-electron chi connectivity index (χ2n) is 3.94. The first kappa shape index (κ1) is 12.1. The Bertz CT molecular complexity index is 496. The van der Waals surface area contributed by atoms with Crippen molar-refractivity contribution in [3.8, 4) is 16.3 Å². The van der Waals surface area contributed by atoms with Crippen LogP contribution < -0.4 is 10.5 Å². The van der Waals surface area contributed by atoms with E-state index >= 15 is 0 Å². The molecule has 2 N–H and O–H groups in total. The Hall–Kier alpha value is -1.39. The number of methoxy groups -OCH3 is 1. The van der Waals surface area contributed by atoms with Crippen molar-refractivity contribution in [3.63, 3.8) is 0 Å². The third kappa shape index (κ3) is 2.65. The second-order valence-corrected chi connectivity index (χ2v) is 5.00. The van der Waals surface area contributed by atoms with E-state index < -0.39 is 0 Å². The molecule has 0 amide bonds. The third-order valence-corrected chi connectivity index (χ3v) is 3.96. The van der Waals surface area contributed by atoms with Gasteiger partial charge in [-0.15, -0.1) is 11.3 Å². The van der Waals surface area contributed by atoms with Crippen molar-refractivity contribution in [2.75, 3.05) is 13.7 Å². The van der Waals surface area contributed by atoms with Crippen molar-refractivity contribution in [2.45, 2.75) is 12.8 Å². The van der Waals surface area contributed by atoms with Gasteiger partial charge in [0.15, 0.2) is 0 Å². The molecule has 3 nitrogen and oxygen atoms in total. The van der Waals surface area contributed by atoms with Gasteiger partial charge in [-0.1, -0.05) is 19.1 Å². The molecule has 90 valence electrons. The van der Waals surface area contributed by atoms with Crippen molar-refractivity contribution < 1.29 is 4.74 Å². The molecule has 2 rings (SSSR count). The molecule has 0 saturated carbocycles. The summed E-state index contributed by atoms with van der Waals surface area (Å²) < 4.78 is 5.21.